The molecule has 3 aromatic rings. The summed E-state index contributed by atoms with van der Waals surface area (Å²) in [6, 6.07) is 13.5. The zero-order valence-electron chi connectivity index (χ0n) is 28.4. The van der Waals surface area contributed by atoms with Gasteiger partial charge in [-0.05, 0) is 80.6 Å². The molecule has 2 aromatic carbocycles. The number of rotatable bonds is 8. The molecule has 1 saturated carbocycles. The van der Waals surface area contributed by atoms with Crippen molar-refractivity contribution < 1.29 is 37.0 Å². The largest absolute Gasteiger partial charge is 0.481 e. The molecule has 1 unspecified atom stereocenters. The molecule has 2 fully saturated rings. The fourth-order valence-electron chi connectivity index (χ4n) is 6.75. The highest BCUT2D eigenvalue weighted by Gasteiger charge is 2.47. The molecule has 50 heavy (non-hydrogen) atoms. The highest BCUT2D eigenvalue weighted by molar-refractivity contribution is 7.78. The number of nitrogens with zero attached hydrogens (tertiary/aromatic N) is 3. The molecule has 2 heterocycles. The number of ether oxygens (including phenoxy) is 1. The number of hydrogen-bond acceptors (Lipinski definition) is 7. The molecular formula is C36H43F4N5O4S. The van der Waals surface area contributed by atoms with Crippen LogP contribution in [0, 0.1) is 18.8 Å². The van der Waals surface area contributed by atoms with Gasteiger partial charge in [-0.2, -0.15) is 13.2 Å². The average Bonchev–Trinajstić information content (AvgIpc) is 3.39. The number of amides is 1. The van der Waals surface area contributed by atoms with Crippen molar-refractivity contribution in [1.82, 2.24) is 24.5 Å². The lowest BCUT2D eigenvalue weighted by molar-refractivity contribution is -0.151. The van der Waals surface area contributed by atoms with E-state index in [2.05, 4.69) is 32.7 Å². The van der Waals surface area contributed by atoms with E-state index >= 15 is 0 Å². The van der Waals surface area contributed by atoms with Crippen LogP contribution in [0.2, 0.25) is 0 Å². The van der Waals surface area contributed by atoms with Gasteiger partial charge in [-0.3, -0.25) is 19.2 Å². The molecule has 1 amide bonds. The predicted octanol–water partition coefficient (Wildman–Crippen LogP) is 6.49. The summed E-state index contributed by atoms with van der Waals surface area (Å²) >= 11 is 3.54. The highest BCUT2D eigenvalue weighted by atomic mass is 32.1. The smallest absolute Gasteiger partial charge is 0.416 e. The number of hydrogen-bond donors (Lipinski definition) is 4. The summed E-state index contributed by atoms with van der Waals surface area (Å²) < 4.78 is 63.3. The number of alkyl halides is 3. The Labute approximate surface area is 294 Å². The molecule has 270 valence electrons. The van der Waals surface area contributed by atoms with Crippen LogP contribution in [0.3, 0.4) is 0 Å². The Morgan fingerprint density at radius 2 is 1.70 bits per heavy atom. The number of carboxylic acids is 1. The van der Waals surface area contributed by atoms with E-state index < -0.39 is 47.1 Å². The van der Waals surface area contributed by atoms with Crippen LogP contribution in [0.5, 0.6) is 0 Å². The van der Waals surface area contributed by atoms with Gasteiger partial charge in [0.25, 0.3) is 0 Å². The molecule has 14 heteroatoms. The van der Waals surface area contributed by atoms with Crippen LogP contribution >= 0.6 is 12.8 Å². The number of carboxylic acid groups (broad SMARTS) is 1. The Balaban J connectivity index is 0.00000181. The van der Waals surface area contributed by atoms with Crippen molar-refractivity contribution in [3.05, 3.63) is 89.7 Å². The molecule has 1 aliphatic carbocycles. The number of fused-ring (bicyclic) bond motifs is 1. The second-order valence-corrected chi connectivity index (χ2v) is 12.7. The Morgan fingerprint density at radius 3 is 2.28 bits per heavy atom. The number of aryl methyl sites for hydroxylation is 2. The van der Waals surface area contributed by atoms with Gasteiger partial charge in [-0.1, -0.05) is 49.2 Å². The molecule has 1 saturated heterocycles. The van der Waals surface area contributed by atoms with Crippen molar-refractivity contribution in [2.24, 2.45) is 18.9 Å². The van der Waals surface area contributed by atoms with Gasteiger partial charge in [-0.15, -0.1) is 0 Å². The van der Waals surface area contributed by atoms with Crippen LogP contribution in [0.25, 0.3) is 22.2 Å². The number of morpholine rings is 1. The van der Waals surface area contributed by atoms with Crippen LogP contribution in [-0.4, -0.2) is 77.0 Å². The van der Waals surface area contributed by atoms with Gasteiger partial charge in [0.1, 0.15) is 12.2 Å². The molecule has 0 spiro atoms. The number of carbonyl (C=O) groups excluding carboxylic acids is 1. The first-order chi connectivity index (χ1) is 23.8. The first kappa shape index (κ1) is 38.8. The molecule has 0 radical (unpaired) electrons. The third kappa shape index (κ3) is 9.22. The fraction of sp³-hybridized carbons (Fsp3) is 0.417. The van der Waals surface area contributed by atoms with E-state index in [1.807, 2.05) is 61.0 Å². The van der Waals surface area contributed by atoms with Gasteiger partial charge < -0.3 is 19.7 Å². The lowest BCUT2D eigenvalue weighted by Crippen LogP contribution is -2.52. The first-order valence-corrected chi connectivity index (χ1v) is 16.7. The number of imidazole rings is 1. The number of allylic oxidation sites excluding steroid dienone is 4. The van der Waals surface area contributed by atoms with Crippen LogP contribution in [0.1, 0.15) is 37.1 Å². The quantitative estimate of drug-likeness (QED) is 0.120. The fourth-order valence-corrected chi connectivity index (χ4v) is 6.75. The van der Waals surface area contributed by atoms with E-state index in [1.54, 1.807) is 7.05 Å². The minimum Gasteiger partial charge on any atom is -0.481 e. The Bertz CT molecular complexity index is 1730. The maximum absolute atomic E-state index is 13.8. The maximum Gasteiger partial charge on any atom is 0.416 e. The first-order valence-electron chi connectivity index (χ1n) is 16.2. The van der Waals surface area contributed by atoms with Gasteiger partial charge in [0.15, 0.2) is 0 Å². The molecule has 5 rings (SSSR count). The number of aliphatic carboxylic acids is 1. The van der Waals surface area contributed by atoms with Gasteiger partial charge >= 0.3 is 12.1 Å². The Morgan fingerprint density at radius 1 is 1.06 bits per heavy atom. The van der Waals surface area contributed by atoms with Crippen molar-refractivity contribution in [3.63, 3.8) is 0 Å². The number of carbonyl (C=O) groups is 2. The van der Waals surface area contributed by atoms with Crippen molar-refractivity contribution >= 4 is 35.7 Å². The third-order valence-electron chi connectivity index (χ3n) is 9.35. The van der Waals surface area contributed by atoms with Crippen LogP contribution in [0.15, 0.2) is 78.3 Å². The summed E-state index contributed by atoms with van der Waals surface area (Å²) in [4.78, 5) is 33.3. The summed E-state index contributed by atoms with van der Waals surface area (Å²) in [5.74, 6) is -3.85. The number of aromatic nitrogens is 2. The van der Waals surface area contributed by atoms with E-state index in [9.17, 15) is 32.3 Å². The zero-order valence-corrected chi connectivity index (χ0v) is 29.3. The summed E-state index contributed by atoms with van der Waals surface area (Å²) in [5.41, 5.74) is 2.98. The number of halogens is 4. The molecular weight excluding hydrogens is 674 g/mol. The molecule has 1 aliphatic heterocycles. The van der Waals surface area contributed by atoms with E-state index in [1.165, 1.54) is 6.92 Å². The van der Waals surface area contributed by atoms with Gasteiger partial charge in [-0.25, -0.2) is 9.37 Å². The number of nitrogens with one attached hydrogen (secondary N) is 2. The molecule has 4 atom stereocenters. The second kappa shape index (κ2) is 17.3. The third-order valence-corrected chi connectivity index (χ3v) is 9.35. The van der Waals surface area contributed by atoms with E-state index in [-0.39, 0.29) is 18.8 Å². The molecule has 2 aliphatic rings. The zero-order chi connectivity index (χ0) is 36.6. The molecule has 1 aromatic heterocycles. The summed E-state index contributed by atoms with van der Waals surface area (Å²) in [6.45, 7) is 5.36. The minimum atomic E-state index is -4.66. The van der Waals surface area contributed by atoms with Crippen molar-refractivity contribution in [2.75, 3.05) is 33.4 Å². The van der Waals surface area contributed by atoms with Gasteiger partial charge in [0.05, 0.1) is 47.4 Å². The SMILES string of the molecule is CNS.C\C=C(/C=C\C(=C\F)NC(=O)[C@H]1C[C@@H](N2CCOCC2)C[C@@H](c2ccc(-c3ccc4c(c3)nc(C)n4C)cc2)C1C(=O)O)C(F)(F)F. The van der Waals surface area contributed by atoms with E-state index in [4.69, 9.17) is 4.74 Å². The van der Waals surface area contributed by atoms with Crippen LogP contribution < -0.4 is 10.0 Å². The van der Waals surface area contributed by atoms with Crippen molar-refractivity contribution in [2.45, 2.75) is 44.8 Å². The van der Waals surface area contributed by atoms with Crippen molar-refractivity contribution in [1.29, 1.82) is 0 Å². The Kier molecular flexibility index (Phi) is 13.4. The standard InChI is InChI=1S/C35H38F4N4O4.CH5NS/c1-4-25(35(37,38)39)10-11-26(20-36)41-33(44)29-19-27(43-13-15-47-16-14-43)18-28(32(29)34(45)46)23-7-5-22(6-8-23)24-9-12-31-30(17-24)40-21(2)42(31)3;1-2-3/h4-12,17,20,27-29,32H,13-16,18-19H2,1-3H3,(H,41,44)(H,45,46);2-3H,1H3/b11-10-,25-4+,26-20-;/t27-,28-,29-,32?;/m0./s1. The van der Waals surface area contributed by atoms with Crippen molar-refractivity contribution in [3.8, 4) is 11.1 Å². The lowest BCUT2D eigenvalue weighted by atomic mass is 9.66. The van der Waals surface area contributed by atoms with Crippen LogP contribution in [0.4, 0.5) is 17.6 Å². The predicted molar refractivity (Wildman–Crippen MR) is 188 cm³/mol. The van der Waals surface area contributed by atoms with Gasteiger partial charge in [0, 0.05) is 26.2 Å². The van der Waals surface area contributed by atoms with E-state index in [0.29, 0.717) is 38.8 Å². The Hall–Kier alpha value is -3.98. The lowest BCUT2D eigenvalue weighted by Gasteiger charge is -2.44. The van der Waals surface area contributed by atoms with Gasteiger partial charge in [0.2, 0.25) is 5.91 Å². The summed E-state index contributed by atoms with van der Waals surface area (Å²) in [6.07, 6.45) is -1.69. The minimum absolute atomic E-state index is 0.00403. The maximum atomic E-state index is 13.8. The average molecular weight is 718 g/mol. The number of benzene rings is 2. The highest BCUT2D eigenvalue weighted by Crippen LogP contribution is 2.44. The molecule has 9 nitrogen and oxygen atoms in total. The van der Waals surface area contributed by atoms with Crippen LogP contribution in [-0.2, 0) is 21.4 Å². The normalized spacial score (nSPS) is 22.3. The van der Waals surface area contributed by atoms with E-state index in [0.717, 1.165) is 45.7 Å². The monoisotopic (exact) mass is 717 g/mol. The number of thiol groups is 1. The summed E-state index contributed by atoms with van der Waals surface area (Å²) in [7, 11) is 3.70. The topological polar surface area (TPSA) is 109 Å². The summed E-state index contributed by atoms with van der Waals surface area (Å²) in [5, 5.41) is 12.8. The molecule has 3 N–H and O–H groups in total. The second-order valence-electron chi connectivity index (χ2n) is 12.2. The molecule has 0 bridgehead atoms.